The molecule has 28 heavy (non-hydrogen) atoms. The fourth-order valence-electron chi connectivity index (χ4n) is 2.65. The number of hydrogen-bond acceptors (Lipinski definition) is 2. The summed E-state index contributed by atoms with van der Waals surface area (Å²) in [5.41, 5.74) is 2.39. The van der Waals surface area contributed by atoms with Gasteiger partial charge in [0, 0.05) is 18.2 Å². The molecule has 0 unspecified atom stereocenters. The highest BCUT2D eigenvalue weighted by molar-refractivity contribution is 6.09. The van der Waals surface area contributed by atoms with Gasteiger partial charge in [-0.15, -0.1) is 0 Å². The van der Waals surface area contributed by atoms with E-state index in [1.165, 1.54) is 0 Å². The quantitative estimate of drug-likeness (QED) is 0.687. The Balaban J connectivity index is 1.73. The third-order valence-electron chi connectivity index (χ3n) is 4.12. The number of nitrogens with one attached hydrogen (secondary N) is 2. The predicted octanol–water partition coefficient (Wildman–Crippen LogP) is 4.46. The number of carbonyl (C=O) groups is 2. The molecule has 0 spiro atoms. The average Bonchev–Trinajstić information content (AvgIpc) is 2.67. The molecule has 0 saturated carbocycles. The second kappa shape index (κ2) is 8.43. The standard InChI is InChI=1S/C22H18F2N2O2/c1-14-6-8-15(9-7-14)13-25-22(28)19-4-2-3-5-20(19)26-21(27)16-10-17(23)12-18(24)11-16/h2-12H,13H2,1H3,(H,25,28)(H,26,27). The zero-order valence-corrected chi connectivity index (χ0v) is 15.1. The first-order valence-corrected chi connectivity index (χ1v) is 8.62. The number of carbonyl (C=O) groups excluding carboxylic acids is 2. The van der Waals surface area contributed by atoms with Crippen molar-refractivity contribution in [3.63, 3.8) is 0 Å². The van der Waals surface area contributed by atoms with Crippen LogP contribution >= 0.6 is 0 Å². The van der Waals surface area contributed by atoms with Crippen LogP contribution in [0.1, 0.15) is 31.8 Å². The minimum atomic E-state index is -0.853. The van der Waals surface area contributed by atoms with Gasteiger partial charge in [-0.1, -0.05) is 42.0 Å². The smallest absolute Gasteiger partial charge is 0.255 e. The fourth-order valence-corrected chi connectivity index (χ4v) is 2.65. The molecule has 0 atom stereocenters. The maximum absolute atomic E-state index is 13.3. The van der Waals surface area contributed by atoms with Crippen LogP contribution in [0.2, 0.25) is 0 Å². The number of halogens is 2. The molecule has 0 saturated heterocycles. The van der Waals surface area contributed by atoms with E-state index in [2.05, 4.69) is 10.6 Å². The molecule has 0 aliphatic carbocycles. The summed E-state index contributed by atoms with van der Waals surface area (Å²) in [6.45, 7) is 2.31. The Morgan fingerprint density at radius 3 is 2.18 bits per heavy atom. The molecule has 3 rings (SSSR count). The molecule has 0 aromatic heterocycles. The molecular formula is C22H18F2N2O2. The van der Waals surface area contributed by atoms with Crippen LogP contribution in [0.3, 0.4) is 0 Å². The first-order chi connectivity index (χ1) is 13.4. The summed E-state index contributed by atoms with van der Waals surface area (Å²) in [4.78, 5) is 24.9. The van der Waals surface area contributed by atoms with Gasteiger partial charge in [-0.2, -0.15) is 0 Å². The summed E-state index contributed by atoms with van der Waals surface area (Å²) in [5, 5.41) is 5.33. The van der Waals surface area contributed by atoms with Gasteiger partial charge in [-0.25, -0.2) is 8.78 Å². The fraction of sp³-hybridized carbons (Fsp3) is 0.0909. The number of para-hydroxylation sites is 1. The zero-order valence-electron chi connectivity index (χ0n) is 15.1. The molecule has 0 fully saturated rings. The zero-order chi connectivity index (χ0) is 20.1. The lowest BCUT2D eigenvalue weighted by atomic mass is 10.1. The lowest BCUT2D eigenvalue weighted by Gasteiger charge is -2.12. The van der Waals surface area contributed by atoms with E-state index in [0.717, 1.165) is 23.3 Å². The first-order valence-electron chi connectivity index (χ1n) is 8.62. The molecule has 0 heterocycles. The van der Waals surface area contributed by atoms with E-state index in [1.54, 1.807) is 24.3 Å². The average molecular weight is 380 g/mol. The summed E-state index contributed by atoms with van der Waals surface area (Å²) in [6.07, 6.45) is 0. The van der Waals surface area contributed by atoms with Crippen molar-refractivity contribution < 1.29 is 18.4 Å². The molecule has 4 nitrogen and oxygen atoms in total. The third-order valence-corrected chi connectivity index (χ3v) is 4.12. The van der Waals surface area contributed by atoms with E-state index in [0.29, 0.717) is 12.6 Å². The van der Waals surface area contributed by atoms with Crippen LogP contribution in [0.5, 0.6) is 0 Å². The second-order valence-electron chi connectivity index (χ2n) is 6.33. The van der Waals surface area contributed by atoms with E-state index in [-0.39, 0.29) is 22.7 Å². The van der Waals surface area contributed by atoms with Crippen LogP contribution < -0.4 is 10.6 Å². The highest BCUT2D eigenvalue weighted by atomic mass is 19.1. The lowest BCUT2D eigenvalue weighted by molar-refractivity contribution is 0.0952. The van der Waals surface area contributed by atoms with Gasteiger partial charge in [-0.05, 0) is 36.8 Å². The van der Waals surface area contributed by atoms with E-state index >= 15 is 0 Å². The normalized spacial score (nSPS) is 10.4. The highest BCUT2D eigenvalue weighted by Crippen LogP contribution is 2.17. The van der Waals surface area contributed by atoms with Gasteiger partial charge in [0.15, 0.2) is 0 Å². The van der Waals surface area contributed by atoms with Gasteiger partial charge < -0.3 is 10.6 Å². The minimum absolute atomic E-state index is 0.174. The SMILES string of the molecule is Cc1ccc(CNC(=O)c2ccccc2NC(=O)c2cc(F)cc(F)c2)cc1. The molecule has 2 N–H and O–H groups in total. The molecule has 0 aliphatic rings. The van der Waals surface area contributed by atoms with Crippen LogP contribution in [0.4, 0.5) is 14.5 Å². The largest absolute Gasteiger partial charge is 0.348 e. The van der Waals surface area contributed by atoms with Crippen LogP contribution in [-0.4, -0.2) is 11.8 Å². The highest BCUT2D eigenvalue weighted by Gasteiger charge is 2.15. The third kappa shape index (κ3) is 4.79. The molecular weight excluding hydrogens is 362 g/mol. The molecule has 142 valence electrons. The van der Waals surface area contributed by atoms with Crippen molar-refractivity contribution >= 4 is 17.5 Å². The van der Waals surface area contributed by atoms with Gasteiger partial charge in [0.05, 0.1) is 11.3 Å². The number of hydrogen-bond donors (Lipinski definition) is 2. The summed E-state index contributed by atoms with van der Waals surface area (Å²) in [5.74, 6) is -2.79. The minimum Gasteiger partial charge on any atom is -0.348 e. The van der Waals surface area contributed by atoms with Crippen molar-refractivity contribution in [2.45, 2.75) is 13.5 Å². The number of aryl methyl sites for hydroxylation is 1. The number of benzene rings is 3. The summed E-state index contributed by atoms with van der Waals surface area (Å²) < 4.78 is 26.7. The van der Waals surface area contributed by atoms with Crippen molar-refractivity contribution in [1.82, 2.24) is 5.32 Å². The molecule has 6 heteroatoms. The van der Waals surface area contributed by atoms with Crippen LogP contribution in [-0.2, 0) is 6.54 Å². The van der Waals surface area contributed by atoms with Gasteiger partial charge in [0.1, 0.15) is 11.6 Å². The lowest BCUT2D eigenvalue weighted by Crippen LogP contribution is -2.25. The molecule has 3 aromatic rings. The van der Waals surface area contributed by atoms with Gasteiger partial charge in [0.25, 0.3) is 11.8 Å². The Morgan fingerprint density at radius 1 is 0.857 bits per heavy atom. The van der Waals surface area contributed by atoms with E-state index in [9.17, 15) is 18.4 Å². The molecule has 2 amide bonds. The second-order valence-corrected chi connectivity index (χ2v) is 6.33. The van der Waals surface area contributed by atoms with Gasteiger partial charge in [-0.3, -0.25) is 9.59 Å². The van der Waals surface area contributed by atoms with Crippen LogP contribution in [0.15, 0.2) is 66.7 Å². The Bertz CT molecular complexity index is 997. The van der Waals surface area contributed by atoms with Gasteiger partial charge >= 0.3 is 0 Å². The molecule has 3 aromatic carbocycles. The van der Waals surface area contributed by atoms with Crippen LogP contribution in [0.25, 0.3) is 0 Å². The van der Waals surface area contributed by atoms with Crippen LogP contribution in [0, 0.1) is 18.6 Å². The van der Waals surface area contributed by atoms with Crippen molar-refractivity contribution in [3.8, 4) is 0 Å². The molecule has 0 bridgehead atoms. The van der Waals surface area contributed by atoms with Crippen molar-refractivity contribution in [1.29, 1.82) is 0 Å². The van der Waals surface area contributed by atoms with E-state index < -0.39 is 17.5 Å². The van der Waals surface area contributed by atoms with E-state index in [1.807, 2.05) is 31.2 Å². The Hall–Kier alpha value is -3.54. The van der Waals surface area contributed by atoms with E-state index in [4.69, 9.17) is 0 Å². The Labute approximate surface area is 161 Å². The number of anilines is 1. The monoisotopic (exact) mass is 380 g/mol. The summed E-state index contributed by atoms with van der Waals surface area (Å²) in [7, 11) is 0. The van der Waals surface area contributed by atoms with Gasteiger partial charge in [0.2, 0.25) is 0 Å². The number of amides is 2. The Morgan fingerprint density at radius 2 is 1.50 bits per heavy atom. The number of rotatable bonds is 5. The van der Waals surface area contributed by atoms with Crippen molar-refractivity contribution in [2.75, 3.05) is 5.32 Å². The predicted molar refractivity (Wildman–Crippen MR) is 103 cm³/mol. The maximum Gasteiger partial charge on any atom is 0.255 e. The first kappa shape index (κ1) is 19.2. The topological polar surface area (TPSA) is 58.2 Å². The molecule has 0 radical (unpaired) electrons. The maximum atomic E-state index is 13.3. The molecule has 0 aliphatic heterocycles. The Kier molecular flexibility index (Phi) is 5.79. The summed E-state index contributed by atoms with van der Waals surface area (Å²) >= 11 is 0. The summed E-state index contributed by atoms with van der Waals surface area (Å²) in [6, 6.07) is 16.7. The van der Waals surface area contributed by atoms with Crippen molar-refractivity contribution in [3.05, 3.63) is 101 Å². The van der Waals surface area contributed by atoms with Crippen molar-refractivity contribution in [2.24, 2.45) is 0 Å².